The van der Waals surface area contributed by atoms with Crippen molar-refractivity contribution in [1.82, 2.24) is 5.32 Å². The first-order valence-electron chi connectivity index (χ1n) is 5.94. The Morgan fingerprint density at radius 1 is 1.33 bits per heavy atom. The Hall–Kier alpha value is -0.810. The van der Waals surface area contributed by atoms with Crippen LogP contribution in [0.2, 0.25) is 4.34 Å². The van der Waals surface area contributed by atoms with Crippen molar-refractivity contribution in [3.05, 3.63) is 45.5 Å². The third-order valence-corrected chi connectivity index (χ3v) is 3.94. The van der Waals surface area contributed by atoms with E-state index in [0.717, 1.165) is 34.4 Å². The molecule has 2 aromatic rings. The summed E-state index contributed by atoms with van der Waals surface area (Å²) >= 11 is 7.53. The number of rotatable bonds is 7. The summed E-state index contributed by atoms with van der Waals surface area (Å²) in [5.74, 6) is 0.887. The van der Waals surface area contributed by atoms with E-state index in [1.54, 1.807) is 17.6 Å². The summed E-state index contributed by atoms with van der Waals surface area (Å²) in [4.78, 5) is 1.14. The zero-order valence-corrected chi connectivity index (χ0v) is 11.5. The van der Waals surface area contributed by atoms with Gasteiger partial charge in [0.1, 0.15) is 11.8 Å². The molecule has 98 valence electrons. The standard InChI is InChI=1S/C13H16ClNO2S/c14-12-6-5-11(18-12)13(10-4-3-9-17-10)15-7-1-2-8-16/h3-6,9,13,15-16H,1-2,7-8H2. The Labute approximate surface area is 115 Å². The molecule has 2 rings (SSSR count). The van der Waals surface area contributed by atoms with E-state index in [0.29, 0.717) is 0 Å². The Morgan fingerprint density at radius 2 is 2.22 bits per heavy atom. The summed E-state index contributed by atoms with van der Waals surface area (Å²) in [6.45, 7) is 1.07. The van der Waals surface area contributed by atoms with Crippen LogP contribution in [0.25, 0.3) is 0 Å². The highest BCUT2D eigenvalue weighted by molar-refractivity contribution is 7.16. The van der Waals surface area contributed by atoms with Gasteiger partial charge in [0, 0.05) is 11.5 Å². The average molecular weight is 286 g/mol. The minimum Gasteiger partial charge on any atom is -0.467 e. The highest BCUT2D eigenvalue weighted by Gasteiger charge is 2.17. The average Bonchev–Trinajstić information content (AvgIpc) is 3.01. The fraction of sp³-hybridized carbons (Fsp3) is 0.385. The second-order valence-corrected chi connectivity index (χ2v) is 5.72. The van der Waals surface area contributed by atoms with Crippen molar-refractivity contribution >= 4 is 22.9 Å². The Bertz CT molecular complexity index is 455. The first-order valence-corrected chi connectivity index (χ1v) is 7.13. The van der Waals surface area contributed by atoms with Crippen LogP contribution in [0.4, 0.5) is 0 Å². The summed E-state index contributed by atoms with van der Waals surface area (Å²) in [6, 6.07) is 7.78. The van der Waals surface area contributed by atoms with Gasteiger partial charge < -0.3 is 14.8 Å². The summed E-state index contributed by atoms with van der Waals surface area (Å²) in [6.07, 6.45) is 3.42. The zero-order valence-electron chi connectivity index (χ0n) is 9.93. The van der Waals surface area contributed by atoms with Crippen molar-refractivity contribution < 1.29 is 9.52 Å². The van der Waals surface area contributed by atoms with Gasteiger partial charge in [0.15, 0.2) is 0 Å². The first kappa shape index (κ1) is 13.6. The van der Waals surface area contributed by atoms with Gasteiger partial charge in [-0.05, 0) is 43.7 Å². The lowest BCUT2D eigenvalue weighted by Crippen LogP contribution is -2.22. The molecule has 0 amide bonds. The molecule has 1 atom stereocenters. The fourth-order valence-corrected chi connectivity index (χ4v) is 2.91. The topological polar surface area (TPSA) is 45.4 Å². The largest absolute Gasteiger partial charge is 0.467 e. The van der Waals surface area contributed by atoms with Gasteiger partial charge in [-0.15, -0.1) is 11.3 Å². The summed E-state index contributed by atoms with van der Waals surface area (Å²) in [5, 5.41) is 12.2. The number of hydrogen-bond donors (Lipinski definition) is 2. The molecule has 18 heavy (non-hydrogen) atoms. The summed E-state index contributed by atoms with van der Waals surface area (Å²) in [5.41, 5.74) is 0. The summed E-state index contributed by atoms with van der Waals surface area (Å²) < 4.78 is 6.24. The Morgan fingerprint density at radius 3 is 2.83 bits per heavy atom. The van der Waals surface area contributed by atoms with Crippen LogP contribution in [-0.4, -0.2) is 18.3 Å². The van der Waals surface area contributed by atoms with Gasteiger partial charge in [0.05, 0.1) is 10.6 Å². The van der Waals surface area contributed by atoms with Crippen molar-refractivity contribution in [3.63, 3.8) is 0 Å². The van der Waals surface area contributed by atoms with E-state index in [1.807, 2.05) is 24.3 Å². The van der Waals surface area contributed by atoms with Gasteiger partial charge in [-0.25, -0.2) is 0 Å². The van der Waals surface area contributed by atoms with Crippen LogP contribution in [0.5, 0.6) is 0 Å². The van der Waals surface area contributed by atoms with Crippen molar-refractivity contribution in [2.24, 2.45) is 0 Å². The molecule has 2 aromatic heterocycles. The molecule has 0 radical (unpaired) electrons. The number of thiophene rings is 1. The van der Waals surface area contributed by atoms with E-state index in [1.165, 1.54) is 0 Å². The number of halogens is 1. The molecule has 2 heterocycles. The van der Waals surface area contributed by atoms with Crippen LogP contribution in [0, 0.1) is 0 Å². The second-order valence-electron chi connectivity index (χ2n) is 3.98. The normalized spacial score (nSPS) is 12.8. The van der Waals surface area contributed by atoms with Gasteiger partial charge in [-0.1, -0.05) is 11.6 Å². The molecule has 0 aromatic carbocycles. The first-order chi connectivity index (χ1) is 8.81. The van der Waals surface area contributed by atoms with Gasteiger partial charge in [-0.3, -0.25) is 0 Å². The highest BCUT2D eigenvalue weighted by atomic mass is 35.5. The second kappa shape index (κ2) is 6.95. The van der Waals surface area contributed by atoms with Crippen molar-refractivity contribution in [1.29, 1.82) is 0 Å². The van der Waals surface area contributed by atoms with Crippen LogP contribution >= 0.6 is 22.9 Å². The van der Waals surface area contributed by atoms with Crippen LogP contribution in [0.3, 0.4) is 0 Å². The molecule has 2 N–H and O–H groups in total. The number of hydrogen-bond acceptors (Lipinski definition) is 4. The molecular formula is C13H16ClNO2S. The number of nitrogens with one attached hydrogen (secondary N) is 1. The number of unbranched alkanes of at least 4 members (excludes halogenated alkanes) is 1. The lowest BCUT2D eigenvalue weighted by molar-refractivity contribution is 0.282. The van der Waals surface area contributed by atoms with Crippen molar-refractivity contribution in [2.75, 3.05) is 13.2 Å². The summed E-state index contributed by atoms with van der Waals surface area (Å²) in [7, 11) is 0. The van der Waals surface area contributed by atoms with Gasteiger partial charge in [-0.2, -0.15) is 0 Å². The van der Waals surface area contributed by atoms with Gasteiger partial charge in [0.2, 0.25) is 0 Å². The maximum absolute atomic E-state index is 8.77. The van der Waals surface area contributed by atoms with Crippen molar-refractivity contribution in [2.45, 2.75) is 18.9 Å². The molecule has 1 unspecified atom stereocenters. The molecule has 0 spiro atoms. The molecule has 0 bridgehead atoms. The minimum absolute atomic E-state index is 0.0381. The Kier molecular flexibility index (Phi) is 5.26. The third-order valence-electron chi connectivity index (χ3n) is 2.64. The van der Waals surface area contributed by atoms with Crippen molar-refractivity contribution in [3.8, 4) is 0 Å². The molecule has 0 aliphatic carbocycles. The minimum atomic E-state index is 0.0381. The van der Waals surface area contributed by atoms with Gasteiger partial charge in [0.25, 0.3) is 0 Å². The lowest BCUT2D eigenvalue weighted by atomic mass is 10.2. The molecule has 0 aliphatic rings. The number of furan rings is 1. The predicted molar refractivity (Wildman–Crippen MR) is 74.2 cm³/mol. The maximum atomic E-state index is 8.77. The predicted octanol–water partition coefficient (Wildman–Crippen LogP) is 3.45. The van der Waals surface area contributed by atoms with Crippen LogP contribution in [0.15, 0.2) is 34.9 Å². The van der Waals surface area contributed by atoms with E-state index in [2.05, 4.69) is 5.32 Å². The molecule has 0 saturated heterocycles. The molecule has 0 saturated carbocycles. The number of aliphatic hydroxyl groups is 1. The molecule has 5 heteroatoms. The fourth-order valence-electron chi connectivity index (χ4n) is 1.76. The monoisotopic (exact) mass is 285 g/mol. The molecule has 0 fully saturated rings. The van der Waals surface area contributed by atoms with Gasteiger partial charge >= 0.3 is 0 Å². The quantitative estimate of drug-likeness (QED) is 0.766. The SMILES string of the molecule is OCCCCNC(c1ccco1)c1ccc(Cl)s1. The molecule has 3 nitrogen and oxygen atoms in total. The number of aliphatic hydroxyl groups excluding tert-OH is 1. The van der Waals surface area contributed by atoms with E-state index in [9.17, 15) is 0 Å². The zero-order chi connectivity index (χ0) is 12.8. The Balaban J connectivity index is 2.04. The van der Waals surface area contributed by atoms with E-state index in [-0.39, 0.29) is 12.6 Å². The van der Waals surface area contributed by atoms with Crippen LogP contribution in [0.1, 0.15) is 29.5 Å². The molecule has 0 aliphatic heterocycles. The van der Waals surface area contributed by atoms with E-state index < -0.39 is 0 Å². The lowest BCUT2D eigenvalue weighted by Gasteiger charge is -2.14. The van der Waals surface area contributed by atoms with E-state index in [4.69, 9.17) is 21.1 Å². The smallest absolute Gasteiger partial charge is 0.126 e. The van der Waals surface area contributed by atoms with Crippen LogP contribution < -0.4 is 5.32 Å². The highest BCUT2D eigenvalue weighted by Crippen LogP contribution is 2.31. The van der Waals surface area contributed by atoms with Crippen LogP contribution in [-0.2, 0) is 0 Å². The molecular weight excluding hydrogens is 270 g/mol. The third kappa shape index (κ3) is 3.59. The van der Waals surface area contributed by atoms with E-state index >= 15 is 0 Å². The maximum Gasteiger partial charge on any atom is 0.126 e.